The van der Waals surface area contributed by atoms with Crippen LogP contribution in [-0.4, -0.2) is 40.2 Å². The molecule has 2 heterocycles. The van der Waals surface area contributed by atoms with Crippen LogP contribution in [0, 0.1) is 0 Å². The Morgan fingerprint density at radius 2 is 2.29 bits per heavy atom. The van der Waals surface area contributed by atoms with Crippen molar-refractivity contribution >= 4 is 22.5 Å². The van der Waals surface area contributed by atoms with Crippen molar-refractivity contribution in [2.45, 2.75) is 32.5 Å². The molecule has 2 aromatic rings. The Balaban J connectivity index is 1.92. The van der Waals surface area contributed by atoms with Crippen LogP contribution in [0.15, 0.2) is 23.0 Å². The third kappa shape index (κ3) is 3.10. The molecule has 5 nitrogen and oxygen atoms in total. The number of nitrogens with zero attached hydrogens (tertiary/aromatic N) is 2. The summed E-state index contributed by atoms with van der Waals surface area (Å²) in [6.45, 7) is 6.30. The van der Waals surface area contributed by atoms with Gasteiger partial charge in [-0.1, -0.05) is 11.6 Å². The second kappa shape index (κ2) is 5.75. The maximum Gasteiger partial charge on any atom is 0.258 e. The van der Waals surface area contributed by atoms with E-state index in [4.69, 9.17) is 16.3 Å². The quantitative estimate of drug-likeness (QED) is 0.924. The first-order chi connectivity index (χ1) is 10.0. The Hall–Kier alpha value is -1.43. The maximum absolute atomic E-state index is 12.1. The fraction of sp³-hybridized carbons (Fsp3) is 0.467. The lowest BCUT2D eigenvalue weighted by atomic mass is 10.2. The number of aromatic nitrogens is 2. The van der Waals surface area contributed by atoms with Gasteiger partial charge in [-0.3, -0.25) is 9.69 Å². The molecule has 1 aliphatic heterocycles. The van der Waals surface area contributed by atoms with Crippen LogP contribution in [-0.2, 0) is 11.3 Å². The first-order valence-electron chi connectivity index (χ1n) is 7.07. The highest BCUT2D eigenvalue weighted by atomic mass is 35.5. The number of hydrogen-bond acceptors (Lipinski definition) is 4. The van der Waals surface area contributed by atoms with Gasteiger partial charge < -0.3 is 9.72 Å². The summed E-state index contributed by atoms with van der Waals surface area (Å²) in [5, 5.41) is 1.14. The highest BCUT2D eigenvalue weighted by Gasteiger charge is 2.24. The molecule has 0 spiro atoms. The van der Waals surface area contributed by atoms with Crippen molar-refractivity contribution in [1.82, 2.24) is 14.9 Å². The molecule has 21 heavy (non-hydrogen) atoms. The molecule has 112 valence electrons. The van der Waals surface area contributed by atoms with Crippen molar-refractivity contribution in [1.29, 1.82) is 0 Å². The van der Waals surface area contributed by atoms with Gasteiger partial charge in [0, 0.05) is 17.6 Å². The van der Waals surface area contributed by atoms with Gasteiger partial charge in [0.25, 0.3) is 5.56 Å². The summed E-state index contributed by atoms with van der Waals surface area (Å²) in [5.74, 6) is 0.663. The summed E-state index contributed by atoms with van der Waals surface area (Å²) in [5.41, 5.74) is 0.510. The molecular weight excluding hydrogens is 290 g/mol. The van der Waals surface area contributed by atoms with Crippen LogP contribution in [0.3, 0.4) is 0 Å². The highest BCUT2D eigenvalue weighted by molar-refractivity contribution is 6.31. The number of benzene rings is 1. The van der Waals surface area contributed by atoms with Gasteiger partial charge in [0.2, 0.25) is 0 Å². The van der Waals surface area contributed by atoms with Crippen LogP contribution in [0.4, 0.5) is 0 Å². The van der Waals surface area contributed by atoms with E-state index < -0.39 is 0 Å². The summed E-state index contributed by atoms with van der Waals surface area (Å²) >= 11 is 5.98. The van der Waals surface area contributed by atoms with E-state index in [2.05, 4.69) is 28.7 Å². The molecule has 0 aliphatic carbocycles. The molecular formula is C15H18ClN3O2. The fourth-order valence-electron chi connectivity index (χ4n) is 2.62. The first-order valence-corrected chi connectivity index (χ1v) is 7.45. The van der Waals surface area contributed by atoms with Crippen LogP contribution < -0.4 is 5.56 Å². The smallest absolute Gasteiger partial charge is 0.258 e. The van der Waals surface area contributed by atoms with Crippen molar-refractivity contribution in [2.24, 2.45) is 0 Å². The minimum atomic E-state index is -0.124. The van der Waals surface area contributed by atoms with Gasteiger partial charge >= 0.3 is 0 Å². The minimum Gasteiger partial charge on any atom is -0.376 e. The van der Waals surface area contributed by atoms with Gasteiger partial charge in [-0.15, -0.1) is 0 Å². The molecule has 1 fully saturated rings. The lowest BCUT2D eigenvalue weighted by Gasteiger charge is -2.36. The molecule has 1 saturated heterocycles. The number of H-pyrrole nitrogens is 1. The summed E-state index contributed by atoms with van der Waals surface area (Å²) in [6.07, 6.45) is 0.197. The van der Waals surface area contributed by atoms with Gasteiger partial charge in [-0.2, -0.15) is 0 Å². The predicted molar refractivity (Wildman–Crippen MR) is 82.7 cm³/mol. The van der Waals surface area contributed by atoms with E-state index in [1.165, 1.54) is 0 Å². The zero-order chi connectivity index (χ0) is 15.0. The Labute approximate surface area is 127 Å². The number of ether oxygens (including phenoxy) is 1. The number of aromatic amines is 1. The summed E-state index contributed by atoms with van der Waals surface area (Å²) in [6, 6.07) is 5.43. The monoisotopic (exact) mass is 307 g/mol. The van der Waals surface area contributed by atoms with E-state index in [0.717, 1.165) is 6.54 Å². The molecule has 0 bridgehead atoms. The average molecular weight is 308 g/mol. The highest BCUT2D eigenvalue weighted by Crippen LogP contribution is 2.17. The van der Waals surface area contributed by atoms with Crippen LogP contribution in [0.25, 0.3) is 10.9 Å². The summed E-state index contributed by atoms with van der Waals surface area (Å²) < 4.78 is 5.62. The van der Waals surface area contributed by atoms with Crippen LogP contribution in [0.2, 0.25) is 5.02 Å². The Morgan fingerprint density at radius 1 is 1.48 bits per heavy atom. The van der Waals surface area contributed by atoms with Crippen molar-refractivity contribution in [3.05, 3.63) is 39.4 Å². The molecule has 1 N–H and O–H groups in total. The number of fused-ring (bicyclic) bond motifs is 1. The average Bonchev–Trinajstić information content (AvgIpc) is 2.42. The molecule has 6 heteroatoms. The van der Waals surface area contributed by atoms with Crippen LogP contribution in [0.1, 0.15) is 19.7 Å². The molecule has 1 aromatic heterocycles. The molecule has 2 atom stereocenters. The summed E-state index contributed by atoms with van der Waals surface area (Å²) in [4.78, 5) is 21.8. The van der Waals surface area contributed by atoms with Crippen LogP contribution in [0.5, 0.6) is 0 Å². The van der Waals surface area contributed by atoms with E-state index in [1.807, 2.05) is 0 Å². The number of halogens is 1. The topological polar surface area (TPSA) is 58.2 Å². The molecule has 0 saturated carbocycles. The van der Waals surface area contributed by atoms with Gasteiger partial charge in [0.1, 0.15) is 5.82 Å². The van der Waals surface area contributed by atoms with Gasteiger partial charge in [0.05, 0.1) is 30.2 Å². The van der Waals surface area contributed by atoms with Gasteiger partial charge in [0.15, 0.2) is 0 Å². The zero-order valence-corrected chi connectivity index (χ0v) is 12.9. The van der Waals surface area contributed by atoms with Crippen molar-refractivity contribution in [2.75, 3.05) is 13.2 Å². The third-order valence-corrected chi connectivity index (χ3v) is 4.04. The Kier molecular flexibility index (Phi) is 3.97. The summed E-state index contributed by atoms with van der Waals surface area (Å²) in [7, 11) is 0. The second-order valence-corrected chi connectivity index (χ2v) is 6.03. The maximum atomic E-state index is 12.1. The minimum absolute atomic E-state index is 0.124. The number of nitrogens with one attached hydrogen (secondary N) is 1. The Bertz CT molecular complexity index is 716. The number of morpholine rings is 1. The Morgan fingerprint density at radius 3 is 3.10 bits per heavy atom. The van der Waals surface area contributed by atoms with E-state index in [9.17, 15) is 4.79 Å². The van der Waals surface area contributed by atoms with E-state index in [1.54, 1.807) is 18.2 Å². The van der Waals surface area contributed by atoms with Crippen molar-refractivity contribution < 1.29 is 4.74 Å². The SMILES string of the molecule is C[C@@H]1CO[C@@H](C)CN1Cc1nc2cc(Cl)ccc2c(=O)[nH]1. The lowest BCUT2D eigenvalue weighted by molar-refractivity contribution is -0.0534. The molecule has 1 aliphatic rings. The van der Waals surface area contributed by atoms with E-state index >= 15 is 0 Å². The molecule has 0 unspecified atom stereocenters. The molecule has 3 rings (SSSR count). The van der Waals surface area contributed by atoms with E-state index in [-0.39, 0.29) is 11.7 Å². The standard InChI is InChI=1S/C15H18ClN3O2/c1-9-8-21-10(2)6-19(9)7-14-17-13-5-11(16)3-4-12(13)15(20)18-14/h3-5,9-10H,6-8H2,1-2H3,(H,17,18,20)/t9-,10+/m1/s1. The lowest BCUT2D eigenvalue weighted by Crippen LogP contribution is -2.47. The molecule has 0 amide bonds. The second-order valence-electron chi connectivity index (χ2n) is 5.60. The van der Waals surface area contributed by atoms with Crippen molar-refractivity contribution in [3.63, 3.8) is 0 Å². The fourth-order valence-corrected chi connectivity index (χ4v) is 2.79. The number of rotatable bonds is 2. The largest absolute Gasteiger partial charge is 0.376 e. The van der Waals surface area contributed by atoms with E-state index in [0.29, 0.717) is 40.9 Å². The predicted octanol–water partition coefficient (Wildman–Crippen LogP) is 2.19. The normalized spacial score (nSPS) is 23.6. The van der Waals surface area contributed by atoms with Crippen LogP contribution >= 0.6 is 11.6 Å². The van der Waals surface area contributed by atoms with Gasteiger partial charge in [-0.25, -0.2) is 4.98 Å². The molecule has 0 radical (unpaired) electrons. The third-order valence-electron chi connectivity index (χ3n) is 3.81. The van der Waals surface area contributed by atoms with Crippen molar-refractivity contribution in [3.8, 4) is 0 Å². The first kappa shape index (κ1) is 14.5. The van der Waals surface area contributed by atoms with Gasteiger partial charge in [-0.05, 0) is 32.0 Å². The molecule has 1 aromatic carbocycles. The number of hydrogen-bond donors (Lipinski definition) is 1. The zero-order valence-electron chi connectivity index (χ0n) is 12.1.